The highest BCUT2D eigenvalue weighted by Gasteiger charge is 2.17. The van der Waals surface area contributed by atoms with E-state index in [-0.39, 0.29) is 6.10 Å². The Balaban J connectivity index is 1.99. The van der Waals surface area contributed by atoms with Crippen LogP contribution in [0.1, 0.15) is 24.5 Å². The van der Waals surface area contributed by atoms with E-state index < -0.39 is 0 Å². The maximum atomic E-state index is 9.62. The van der Waals surface area contributed by atoms with E-state index in [0.717, 1.165) is 32.5 Å². The second-order valence-corrected chi connectivity index (χ2v) is 4.32. The minimum absolute atomic E-state index is 0.171. The zero-order valence-corrected chi connectivity index (χ0v) is 9.32. The van der Waals surface area contributed by atoms with Crippen molar-refractivity contribution in [2.75, 3.05) is 13.1 Å². The predicted molar refractivity (Wildman–Crippen MR) is 61.7 cm³/mol. The van der Waals surface area contributed by atoms with Crippen molar-refractivity contribution < 1.29 is 5.11 Å². The molecule has 0 radical (unpaired) electrons. The summed E-state index contributed by atoms with van der Waals surface area (Å²) in [6.45, 7) is 4.91. The van der Waals surface area contributed by atoms with E-state index in [1.807, 2.05) is 6.92 Å². The molecule has 0 saturated heterocycles. The maximum Gasteiger partial charge on any atom is 0.0664 e. The van der Waals surface area contributed by atoms with E-state index in [4.69, 9.17) is 0 Å². The number of aliphatic hydroxyl groups excluding tert-OH is 1. The Labute approximate surface area is 91.5 Å². The summed E-state index contributed by atoms with van der Waals surface area (Å²) in [5, 5.41) is 9.62. The molecule has 1 aromatic rings. The van der Waals surface area contributed by atoms with Crippen molar-refractivity contribution in [2.24, 2.45) is 0 Å². The van der Waals surface area contributed by atoms with Crippen molar-refractivity contribution in [1.29, 1.82) is 0 Å². The Morgan fingerprint density at radius 3 is 2.80 bits per heavy atom. The van der Waals surface area contributed by atoms with Crippen LogP contribution < -0.4 is 0 Å². The average Bonchev–Trinajstić information content (AvgIpc) is 2.29. The molecular formula is C13H19NO. The summed E-state index contributed by atoms with van der Waals surface area (Å²) < 4.78 is 0. The van der Waals surface area contributed by atoms with E-state index in [1.54, 1.807) is 0 Å². The summed E-state index contributed by atoms with van der Waals surface area (Å²) >= 11 is 0. The van der Waals surface area contributed by atoms with E-state index in [0.29, 0.717) is 0 Å². The molecule has 1 atom stereocenters. The van der Waals surface area contributed by atoms with Crippen molar-refractivity contribution in [3.05, 3.63) is 35.4 Å². The molecule has 2 nitrogen and oxygen atoms in total. The monoisotopic (exact) mass is 205 g/mol. The van der Waals surface area contributed by atoms with Gasteiger partial charge in [0.2, 0.25) is 0 Å². The van der Waals surface area contributed by atoms with E-state index in [2.05, 4.69) is 29.2 Å². The summed E-state index contributed by atoms with van der Waals surface area (Å²) in [4.78, 5) is 2.34. The first-order valence-corrected chi connectivity index (χ1v) is 5.76. The van der Waals surface area contributed by atoms with Gasteiger partial charge in [-0.3, -0.25) is 4.90 Å². The SMILES string of the molecule is CCC(O)CN1CCc2ccccc2C1. The van der Waals surface area contributed by atoms with Gasteiger partial charge in [0.15, 0.2) is 0 Å². The third-order valence-corrected chi connectivity index (χ3v) is 3.15. The highest BCUT2D eigenvalue weighted by molar-refractivity contribution is 5.29. The van der Waals surface area contributed by atoms with Crippen molar-refractivity contribution in [2.45, 2.75) is 32.4 Å². The number of nitrogens with zero attached hydrogens (tertiary/aromatic N) is 1. The minimum Gasteiger partial charge on any atom is -0.392 e. The van der Waals surface area contributed by atoms with Gasteiger partial charge in [0.25, 0.3) is 0 Å². The highest BCUT2D eigenvalue weighted by atomic mass is 16.3. The first kappa shape index (κ1) is 10.7. The normalized spacial score (nSPS) is 18.5. The second kappa shape index (κ2) is 4.77. The van der Waals surface area contributed by atoms with Crippen LogP contribution in [0.25, 0.3) is 0 Å². The first-order valence-electron chi connectivity index (χ1n) is 5.76. The number of rotatable bonds is 3. The molecule has 0 fully saturated rings. The van der Waals surface area contributed by atoms with E-state index in [9.17, 15) is 5.11 Å². The van der Waals surface area contributed by atoms with Gasteiger partial charge in [-0.05, 0) is 24.0 Å². The fourth-order valence-electron chi connectivity index (χ4n) is 2.14. The van der Waals surface area contributed by atoms with Crippen LogP contribution in [0.2, 0.25) is 0 Å². The van der Waals surface area contributed by atoms with Crippen LogP contribution in [0.4, 0.5) is 0 Å². The van der Waals surface area contributed by atoms with E-state index in [1.165, 1.54) is 11.1 Å². The van der Waals surface area contributed by atoms with Gasteiger partial charge in [-0.15, -0.1) is 0 Å². The topological polar surface area (TPSA) is 23.5 Å². The Morgan fingerprint density at radius 1 is 1.33 bits per heavy atom. The number of β-amino-alcohol motifs (C(OH)–C–C–N with tert-alkyl or cyclic N) is 1. The molecule has 1 aromatic carbocycles. The van der Waals surface area contributed by atoms with Crippen LogP contribution in [0.3, 0.4) is 0 Å². The molecule has 0 aromatic heterocycles. The van der Waals surface area contributed by atoms with Crippen LogP contribution in [-0.4, -0.2) is 29.2 Å². The molecule has 1 aliphatic heterocycles. The Kier molecular flexibility index (Phi) is 3.39. The number of benzene rings is 1. The minimum atomic E-state index is -0.171. The fourth-order valence-corrected chi connectivity index (χ4v) is 2.14. The summed E-state index contributed by atoms with van der Waals surface area (Å²) in [6, 6.07) is 8.61. The van der Waals surface area contributed by atoms with Crippen LogP contribution in [-0.2, 0) is 13.0 Å². The summed E-state index contributed by atoms with van der Waals surface area (Å²) in [7, 11) is 0. The second-order valence-electron chi connectivity index (χ2n) is 4.32. The van der Waals surface area contributed by atoms with Gasteiger partial charge in [-0.1, -0.05) is 31.2 Å². The molecular weight excluding hydrogens is 186 g/mol. The molecule has 1 unspecified atom stereocenters. The van der Waals surface area contributed by atoms with Gasteiger partial charge in [0, 0.05) is 19.6 Å². The summed E-state index contributed by atoms with van der Waals surface area (Å²) in [5.74, 6) is 0. The quantitative estimate of drug-likeness (QED) is 0.813. The van der Waals surface area contributed by atoms with Crippen LogP contribution in [0, 0.1) is 0 Å². The standard InChI is InChI=1S/C13H19NO/c1-2-13(15)10-14-8-7-11-5-3-4-6-12(11)9-14/h3-6,13,15H,2,7-10H2,1H3. The number of hydrogen-bond donors (Lipinski definition) is 1. The molecule has 0 bridgehead atoms. The lowest BCUT2D eigenvalue weighted by atomic mass is 9.99. The molecule has 1 heterocycles. The van der Waals surface area contributed by atoms with Crippen molar-refractivity contribution in [3.8, 4) is 0 Å². The molecule has 0 saturated carbocycles. The van der Waals surface area contributed by atoms with Gasteiger partial charge in [-0.2, -0.15) is 0 Å². The van der Waals surface area contributed by atoms with Crippen molar-refractivity contribution >= 4 is 0 Å². The molecule has 0 aliphatic carbocycles. The number of fused-ring (bicyclic) bond motifs is 1. The molecule has 2 heteroatoms. The Bertz CT molecular complexity index is 324. The predicted octanol–water partition coefficient (Wildman–Crippen LogP) is 1.82. The number of aliphatic hydroxyl groups is 1. The first-order chi connectivity index (χ1) is 7.29. The van der Waals surface area contributed by atoms with Crippen molar-refractivity contribution in [3.63, 3.8) is 0 Å². The third-order valence-electron chi connectivity index (χ3n) is 3.15. The Morgan fingerprint density at radius 2 is 2.07 bits per heavy atom. The number of hydrogen-bond acceptors (Lipinski definition) is 2. The maximum absolute atomic E-state index is 9.62. The summed E-state index contributed by atoms with van der Waals surface area (Å²) in [6.07, 6.45) is 1.79. The highest BCUT2D eigenvalue weighted by Crippen LogP contribution is 2.18. The van der Waals surface area contributed by atoms with Gasteiger partial charge in [0.05, 0.1) is 6.10 Å². The fraction of sp³-hybridized carbons (Fsp3) is 0.538. The Hall–Kier alpha value is -0.860. The van der Waals surface area contributed by atoms with Crippen molar-refractivity contribution in [1.82, 2.24) is 4.90 Å². The van der Waals surface area contributed by atoms with E-state index >= 15 is 0 Å². The summed E-state index contributed by atoms with van der Waals surface area (Å²) in [5.41, 5.74) is 2.90. The largest absolute Gasteiger partial charge is 0.392 e. The smallest absolute Gasteiger partial charge is 0.0664 e. The van der Waals surface area contributed by atoms with Gasteiger partial charge in [0.1, 0.15) is 0 Å². The molecule has 1 N–H and O–H groups in total. The molecule has 0 spiro atoms. The van der Waals surface area contributed by atoms with Gasteiger partial charge >= 0.3 is 0 Å². The van der Waals surface area contributed by atoms with Crippen LogP contribution in [0.5, 0.6) is 0 Å². The molecule has 0 amide bonds. The lowest BCUT2D eigenvalue weighted by Gasteiger charge is -2.30. The molecule has 15 heavy (non-hydrogen) atoms. The molecule has 1 aliphatic rings. The third kappa shape index (κ3) is 2.58. The average molecular weight is 205 g/mol. The van der Waals surface area contributed by atoms with Crippen LogP contribution in [0.15, 0.2) is 24.3 Å². The molecule has 2 rings (SSSR count). The molecule has 82 valence electrons. The lowest BCUT2D eigenvalue weighted by Crippen LogP contribution is -2.36. The zero-order chi connectivity index (χ0) is 10.7. The van der Waals surface area contributed by atoms with Crippen LogP contribution >= 0.6 is 0 Å². The lowest BCUT2D eigenvalue weighted by molar-refractivity contribution is 0.102. The van der Waals surface area contributed by atoms with Gasteiger partial charge in [-0.25, -0.2) is 0 Å². The van der Waals surface area contributed by atoms with Gasteiger partial charge < -0.3 is 5.11 Å². The zero-order valence-electron chi connectivity index (χ0n) is 9.32.